The number of anilines is 1. The van der Waals surface area contributed by atoms with Crippen LogP contribution < -0.4 is 5.32 Å². The van der Waals surface area contributed by atoms with Crippen LogP contribution in [0.15, 0.2) is 18.2 Å². The predicted molar refractivity (Wildman–Crippen MR) is 70.6 cm³/mol. The molecule has 4 nitrogen and oxygen atoms in total. The fourth-order valence-electron chi connectivity index (χ4n) is 2.15. The van der Waals surface area contributed by atoms with Crippen molar-refractivity contribution in [2.45, 2.75) is 32.3 Å². The van der Waals surface area contributed by atoms with E-state index in [-0.39, 0.29) is 5.91 Å². The van der Waals surface area contributed by atoms with Crippen LogP contribution in [0, 0.1) is 5.92 Å². The second kappa shape index (κ2) is 6.16. The lowest BCUT2D eigenvalue weighted by Crippen LogP contribution is -2.33. The first kappa shape index (κ1) is 13.3. The number of carbonyl (C=O) groups is 1. The highest BCUT2D eigenvalue weighted by atomic mass is 35.5. The highest BCUT2D eigenvalue weighted by Gasteiger charge is 2.31. The third kappa shape index (κ3) is 3.68. The molecule has 1 saturated carbocycles. The molecule has 0 aliphatic heterocycles. The van der Waals surface area contributed by atoms with Crippen LogP contribution in [0.3, 0.4) is 0 Å². The molecule has 1 aromatic heterocycles. The molecule has 0 atom stereocenters. The van der Waals surface area contributed by atoms with E-state index < -0.39 is 0 Å². The number of halogens is 1. The van der Waals surface area contributed by atoms with E-state index in [1.54, 1.807) is 18.2 Å². The molecule has 0 spiro atoms. The summed E-state index contributed by atoms with van der Waals surface area (Å²) in [6, 6.07) is 5.17. The largest absolute Gasteiger partial charge is 0.378 e. The molecule has 98 valence electrons. The van der Waals surface area contributed by atoms with E-state index in [0.29, 0.717) is 29.4 Å². The quantitative estimate of drug-likeness (QED) is 0.836. The molecule has 1 N–H and O–H groups in total. The van der Waals surface area contributed by atoms with Gasteiger partial charge in [0.15, 0.2) is 0 Å². The molecule has 0 aromatic carbocycles. The van der Waals surface area contributed by atoms with Gasteiger partial charge in [-0.05, 0) is 37.8 Å². The number of aromatic nitrogens is 1. The maximum Gasteiger partial charge on any atom is 0.225 e. The lowest BCUT2D eigenvalue weighted by atomic mass is 9.80. The highest BCUT2D eigenvalue weighted by molar-refractivity contribution is 6.29. The van der Waals surface area contributed by atoms with Crippen molar-refractivity contribution in [3.8, 4) is 0 Å². The van der Waals surface area contributed by atoms with E-state index in [9.17, 15) is 4.79 Å². The van der Waals surface area contributed by atoms with Gasteiger partial charge in [-0.25, -0.2) is 4.98 Å². The van der Waals surface area contributed by atoms with Gasteiger partial charge in [0.25, 0.3) is 0 Å². The van der Waals surface area contributed by atoms with Crippen molar-refractivity contribution in [3.63, 3.8) is 0 Å². The number of carbonyl (C=O) groups excluding carboxylic acids is 1. The molecule has 1 aliphatic carbocycles. The minimum atomic E-state index is -0.00952. The van der Waals surface area contributed by atoms with Gasteiger partial charge in [0.2, 0.25) is 5.91 Å². The first-order valence-corrected chi connectivity index (χ1v) is 6.59. The zero-order valence-corrected chi connectivity index (χ0v) is 11.1. The van der Waals surface area contributed by atoms with Crippen LogP contribution in [0.2, 0.25) is 5.15 Å². The topological polar surface area (TPSA) is 51.2 Å². The molecule has 0 radical (unpaired) electrons. The molecule has 18 heavy (non-hydrogen) atoms. The zero-order chi connectivity index (χ0) is 13.0. The molecule has 0 bridgehead atoms. The van der Waals surface area contributed by atoms with Crippen molar-refractivity contribution in [2.75, 3.05) is 11.9 Å². The Bertz CT molecular complexity index is 419. The first-order chi connectivity index (χ1) is 8.67. The number of ether oxygens (including phenoxy) is 1. The van der Waals surface area contributed by atoms with Crippen LogP contribution in [0.4, 0.5) is 5.82 Å². The van der Waals surface area contributed by atoms with Crippen molar-refractivity contribution in [1.29, 1.82) is 0 Å². The van der Waals surface area contributed by atoms with Gasteiger partial charge in [-0.1, -0.05) is 17.7 Å². The molecule has 0 saturated heterocycles. The molecule has 1 aliphatic rings. The fraction of sp³-hybridized carbons (Fsp3) is 0.538. The van der Waals surface area contributed by atoms with Crippen LogP contribution in [0.25, 0.3) is 0 Å². The number of amides is 1. The van der Waals surface area contributed by atoms with E-state index in [1.165, 1.54) is 0 Å². The van der Waals surface area contributed by atoms with Crippen LogP contribution in [-0.2, 0) is 9.53 Å². The van der Waals surface area contributed by atoms with Gasteiger partial charge in [0.05, 0.1) is 6.10 Å². The van der Waals surface area contributed by atoms with E-state index >= 15 is 0 Å². The van der Waals surface area contributed by atoms with Gasteiger partial charge < -0.3 is 10.1 Å². The summed E-state index contributed by atoms with van der Waals surface area (Å²) < 4.78 is 5.46. The summed E-state index contributed by atoms with van der Waals surface area (Å²) >= 11 is 5.75. The summed E-state index contributed by atoms with van der Waals surface area (Å²) in [4.78, 5) is 15.8. The summed E-state index contributed by atoms with van der Waals surface area (Å²) in [6.07, 6.45) is 2.82. The molecule has 1 heterocycles. The summed E-state index contributed by atoms with van der Waals surface area (Å²) in [5, 5.41) is 3.14. The monoisotopic (exact) mass is 268 g/mol. The number of pyridine rings is 1. The second-order valence-corrected chi connectivity index (χ2v) is 4.90. The Hall–Kier alpha value is -1.13. The number of nitrogens with zero attached hydrogens (tertiary/aromatic N) is 1. The summed E-state index contributed by atoms with van der Waals surface area (Å²) in [5.41, 5.74) is 0. The van der Waals surface area contributed by atoms with Crippen LogP contribution in [-0.4, -0.2) is 23.6 Å². The minimum absolute atomic E-state index is 0.00952. The number of rotatable bonds is 5. The van der Waals surface area contributed by atoms with Crippen LogP contribution in [0.1, 0.15) is 26.2 Å². The number of hydrogen-bond acceptors (Lipinski definition) is 3. The standard InChI is InChI=1S/C13H17ClN2O2/c1-2-18-10-6-9(7-10)8-13(17)16-12-5-3-4-11(14)15-12/h3-5,9-10H,2,6-8H2,1H3,(H,15,16,17). The lowest BCUT2D eigenvalue weighted by Gasteiger charge is -2.34. The fourth-order valence-corrected chi connectivity index (χ4v) is 2.31. The minimum Gasteiger partial charge on any atom is -0.378 e. The Morgan fingerprint density at radius 1 is 1.56 bits per heavy atom. The Labute approximate surface area is 112 Å². The Kier molecular flexibility index (Phi) is 4.55. The second-order valence-electron chi connectivity index (χ2n) is 4.51. The van der Waals surface area contributed by atoms with Crippen molar-refractivity contribution in [3.05, 3.63) is 23.4 Å². The van der Waals surface area contributed by atoms with Gasteiger partial charge in [0.1, 0.15) is 11.0 Å². The molecular weight excluding hydrogens is 252 g/mol. The van der Waals surface area contributed by atoms with E-state index in [4.69, 9.17) is 16.3 Å². The Morgan fingerprint density at radius 2 is 2.33 bits per heavy atom. The van der Waals surface area contributed by atoms with Crippen molar-refractivity contribution in [1.82, 2.24) is 4.98 Å². The Balaban J connectivity index is 1.73. The average molecular weight is 269 g/mol. The molecule has 0 unspecified atom stereocenters. The average Bonchev–Trinajstić information content (AvgIpc) is 2.26. The summed E-state index contributed by atoms with van der Waals surface area (Å²) in [7, 11) is 0. The molecule has 2 rings (SSSR count). The molecule has 5 heteroatoms. The van der Waals surface area contributed by atoms with Crippen molar-refractivity contribution in [2.24, 2.45) is 5.92 Å². The number of nitrogens with one attached hydrogen (secondary N) is 1. The smallest absolute Gasteiger partial charge is 0.225 e. The zero-order valence-electron chi connectivity index (χ0n) is 10.4. The van der Waals surface area contributed by atoms with Gasteiger partial charge in [-0.2, -0.15) is 0 Å². The molecule has 1 amide bonds. The van der Waals surface area contributed by atoms with E-state index in [2.05, 4.69) is 10.3 Å². The maximum absolute atomic E-state index is 11.8. The molecule has 1 fully saturated rings. The van der Waals surface area contributed by atoms with Crippen LogP contribution in [0.5, 0.6) is 0 Å². The molecular formula is C13H17ClN2O2. The third-order valence-corrected chi connectivity index (χ3v) is 3.26. The Morgan fingerprint density at radius 3 is 3.00 bits per heavy atom. The maximum atomic E-state index is 11.8. The highest BCUT2D eigenvalue weighted by Crippen LogP contribution is 2.32. The first-order valence-electron chi connectivity index (χ1n) is 6.21. The van der Waals surface area contributed by atoms with E-state index in [0.717, 1.165) is 19.4 Å². The predicted octanol–water partition coefficient (Wildman–Crippen LogP) is 2.88. The van der Waals surface area contributed by atoms with Gasteiger partial charge in [-0.3, -0.25) is 4.79 Å². The number of hydrogen-bond donors (Lipinski definition) is 1. The van der Waals surface area contributed by atoms with Gasteiger partial charge in [-0.15, -0.1) is 0 Å². The lowest BCUT2D eigenvalue weighted by molar-refractivity contribution is -0.119. The van der Waals surface area contributed by atoms with Gasteiger partial charge in [0, 0.05) is 13.0 Å². The third-order valence-electron chi connectivity index (χ3n) is 3.05. The summed E-state index contributed by atoms with van der Waals surface area (Å²) in [5.74, 6) is 0.929. The van der Waals surface area contributed by atoms with Crippen molar-refractivity contribution >= 4 is 23.3 Å². The van der Waals surface area contributed by atoms with Gasteiger partial charge >= 0.3 is 0 Å². The SMILES string of the molecule is CCOC1CC(CC(=O)Nc2cccc(Cl)n2)C1. The van der Waals surface area contributed by atoms with E-state index in [1.807, 2.05) is 6.92 Å². The molecule has 1 aromatic rings. The van der Waals surface area contributed by atoms with Crippen LogP contribution >= 0.6 is 11.6 Å². The summed E-state index contributed by atoms with van der Waals surface area (Å²) in [6.45, 7) is 2.74. The normalized spacial score (nSPS) is 22.3. The van der Waals surface area contributed by atoms with Crippen molar-refractivity contribution < 1.29 is 9.53 Å².